The van der Waals surface area contributed by atoms with Crippen molar-refractivity contribution in [1.82, 2.24) is 10.2 Å². The molecule has 1 aromatic heterocycles. The maximum Gasteiger partial charge on any atom is 0.235 e. The minimum atomic E-state index is -0.449. The van der Waals surface area contributed by atoms with Crippen LogP contribution in [0.15, 0.2) is 41.8 Å². The van der Waals surface area contributed by atoms with Crippen molar-refractivity contribution in [3.8, 4) is 0 Å². The smallest absolute Gasteiger partial charge is 0.235 e. The molecule has 3 rings (SSSR count). The summed E-state index contributed by atoms with van der Waals surface area (Å²) in [4.78, 5) is 27.6. The summed E-state index contributed by atoms with van der Waals surface area (Å²) in [5.74, 6) is -0.180. The lowest BCUT2D eigenvalue weighted by molar-refractivity contribution is -0.128. The van der Waals surface area contributed by atoms with Crippen molar-refractivity contribution < 1.29 is 9.59 Å². The SMILES string of the molecule is CC(C)[C@@H](NC(=O)CN1Cc2ccccc2C[C@H]1C(N)=O)c1cccs1. The first-order valence-electron chi connectivity index (χ1n) is 8.88. The number of nitrogens with two attached hydrogens (primary N) is 1. The fraction of sp³-hybridized carbons (Fsp3) is 0.400. The van der Waals surface area contributed by atoms with E-state index < -0.39 is 6.04 Å². The zero-order valence-corrected chi connectivity index (χ0v) is 16.0. The molecule has 0 saturated heterocycles. The molecule has 0 aliphatic carbocycles. The third kappa shape index (κ3) is 4.14. The number of rotatable bonds is 6. The molecule has 2 amide bonds. The van der Waals surface area contributed by atoms with E-state index in [1.165, 1.54) is 0 Å². The summed E-state index contributed by atoms with van der Waals surface area (Å²) in [5.41, 5.74) is 7.89. The molecule has 2 atom stereocenters. The molecule has 5 nitrogen and oxygen atoms in total. The van der Waals surface area contributed by atoms with Gasteiger partial charge in [-0.2, -0.15) is 0 Å². The Balaban J connectivity index is 1.72. The van der Waals surface area contributed by atoms with Crippen LogP contribution in [0.3, 0.4) is 0 Å². The minimum Gasteiger partial charge on any atom is -0.368 e. The summed E-state index contributed by atoms with van der Waals surface area (Å²) in [7, 11) is 0. The van der Waals surface area contributed by atoms with Gasteiger partial charge in [-0.15, -0.1) is 11.3 Å². The quantitative estimate of drug-likeness (QED) is 0.819. The second-order valence-corrected chi connectivity index (χ2v) is 8.08. The summed E-state index contributed by atoms with van der Waals surface area (Å²) in [6.07, 6.45) is 0.553. The number of fused-ring (bicyclic) bond motifs is 1. The van der Waals surface area contributed by atoms with E-state index in [-0.39, 0.29) is 30.3 Å². The van der Waals surface area contributed by atoms with Crippen LogP contribution in [0, 0.1) is 5.92 Å². The second kappa shape index (κ2) is 8.01. The van der Waals surface area contributed by atoms with Crippen molar-refractivity contribution in [3.63, 3.8) is 0 Å². The van der Waals surface area contributed by atoms with Crippen molar-refractivity contribution in [2.24, 2.45) is 11.7 Å². The monoisotopic (exact) mass is 371 g/mol. The number of nitrogens with zero attached hydrogens (tertiary/aromatic N) is 1. The maximum atomic E-state index is 12.7. The van der Waals surface area contributed by atoms with Gasteiger partial charge in [-0.3, -0.25) is 14.5 Å². The third-order valence-corrected chi connectivity index (χ3v) is 5.81. The lowest BCUT2D eigenvalue weighted by Crippen LogP contribution is -2.52. The Bertz CT molecular complexity index is 773. The highest BCUT2D eigenvalue weighted by molar-refractivity contribution is 7.10. The number of carbonyl (C=O) groups is 2. The van der Waals surface area contributed by atoms with Crippen LogP contribution in [0.5, 0.6) is 0 Å². The average molecular weight is 372 g/mol. The Morgan fingerprint density at radius 2 is 1.96 bits per heavy atom. The molecule has 0 radical (unpaired) electrons. The highest BCUT2D eigenvalue weighted by Gasteiger charge is 2.31. The summed E-state index contributed by atoms with van der Waals surface area (Å²) in [6, 6.07) is 11.6. The molecule has 0 spiro atoms. The molecule has 1 aromatic carbocycles. The zero-order valence-electron chi connectivity index (χ0n) is 15.1. The van der Waals surface area contributed by atoms with E-state index in [1.54, 1.807) is 11.3 Å². The first-order valence-corrected chi connectivity index (χ1v) is 9.76. The summed E-state index contributed by atoms with van der Waals surface area (Å²) >= 11 is 1.64. The standard InChI is InChI=1S/C20H25N3O2S/c1-13(2)19(17-8-5-9-26-17)22-18(24)12-23-11-15-7-4-3-6-14(15)10-16(23)20(21)25/h3-9,13,16,19H,10-12H2,1-2H3,(H2,21,25)(H,22,24)/t16-,19+/m0/s1. The van der Waals surface area contributed by atoms with Crippen molar-refractivity contribution in [1.29, 1.82) is 0 Å². The van der Waals surface area contributed by atoms with E-state index in [4.69, 9.17) is 5.73 Å². The fourth-order valence-corrected chi connectivity index (χ4v) is 4.41. The Morgan fingerprint density at radius 1 is 1.23 bits per heavy atom. The molecule has 6 heteroatoms. The fourth-order valence-electron chi connectivity index (χ4n) is 3.46. The van der Waals surface area contributed by atoms with E-state index in [0.29, 0.717) is 13.0 Å². The van der Waals surface area contributed by atoms with Crippen LogP contribution in [0.25, 0.3) is 0 Å². The zero-order chi connectivity index (χ0) is 18.7. The molecule has 2 aromatic rings. The predicted molar refractivity (Wildman–Crippen MR) is 104 cm³/mol. The highest BCUT2D eigenvalue weighted by Crippen LogP contribution is 2.26. The molecule has 0 unspecified atom stereocenters. The van der Waals surface area contributed by atoms with Gasteiger partial charge in [0, 0.05) is 11.4 Å². The molecule has 26 heavy (non-hydrogen) atoms. The van der Waals surface area contributed by atoms with Crippen LogP contribution in [0.2, 0.25) is 0 Å². The van der Waals surface area contributed by atoms with E-state index in [1.807, 2.05) is 46.7 Å². The number of thiophene rings is 1. The van der Waals surface area contributed by atoms with Gasteiger partial charge in [0.15, 0.2) is 0 Å². The van der Waals surface area contributed by atoms with Crippen LogP contribution in [0.1, 0.15) is 35.9 Å². The van der Waals surface area contributed by atoms with Gasteiger partial charge in [0.1, 0.15) is 0 Å². The van der Waals surface area contributed by atoms with Crippen LogP contribution < -0.4 is 11.1 Å². The largest absolute Gasteiger partial charge is 0.368 e. The first kappa shape index (κ1) is 18.6. The summed E-state index contributed by atoms with van der Waals surface area (Å²) in [5, 5.41) is 5.14. The summed E-state index contributed by atoms with van der Waals surface area (Å²) < 4.78 is 0. The van der Waals surface area contributed by atoms with Gasteiger partial charge in [0.2, 0.25) is 11.8 Å². The third-order valence-electron chi connectivity index (χ3n) is 4.85. The predicted octanol–water partition coefficient (Wildman–Crippen LogP) is 2.47. The van der Waals surface area contributed by atoms with Gasteiger partial charge in [-0.05, 0) is 34.9 Å². The van der Waals surface area contributed by atoms with E-state index >= 15 is 0 Å². The van der Waals surface area contributed by atoms with Crippen LogP contribution in [0.4, 0.5) is 0 Å². The molecule has 138 valence electrons. The molecule has 1 aliphatic heterocycles. The van der Waals surface area contributed by atoms with Crippen molar-refractivity contribution in [2.75, 3.05) is 6.54 Å². The lowest BCUT2D eigenvalue weighted by Gasteiger charge is -2.35. The molecule has 0 bridgehead atoms. The van der Waals surface area contributed by atoms with E-state index in [2.05, 4.69) is 19.2 Å². The minimum absolute atomic E-state index is 0.0217. The Labute approximate surface area is 158 Å². The summed E-state index contributed by atoms with van der Waals surface area (Å²) in [6.45, 7) is 4.90. The normalized spacial score (nSPS) is 18.3. The van der Waals surface area contributed by atoms with Crippen molar-refractivity contribution >= 4 is 23.2 Å². The first-order chi connectivity index (χ1) is 12.5. The molecule has 0 fully saturated rings. The number of carbonyl (C=O) groups excluding carboxylic acids is 2. The average Bonchev–Trinajstić information content (AvgIpc) is 3.12. The van der Waals surface area contributed by atoms with Gasteiger partial charge in [-0.1, -0.05) is 44.2 Å². The van der Waals surface area contributed by atoms with Gasteiger partial charge >= 0.3 is 0 Å². The lowest BCUT2D eigenvalue weighted by atomic mass is 9.93. The van der Waals surface area contributed by atoms with Crippen LogP contribution >= 0.6 is 11.3 Å². The number of benzene rings is 1. The molecule has 2 heterocycles. The topological polar surface area (TPSA) is 75.4 Å². The van der Waals surface area contributed by atoms with Gasteiger partial charge in [0.05, 0.1) is 18.6 Å². The molecule has 3 N–H and O–H groups in total. The number of nitrogens with one attached hydrogen (secondary N) is 1. The Hall–Kier alpha value is -2.18. The van der Waals surface area contributed by atoms with Crippen LogP contribution in [-0.4, -0.2) is 29.3 Å². The van der Waals surface area contributed by atoms with Gasteiger partial charge < -0.3 is 11.1 Å². The van der Waals surface area contributed by atoms with Gasteiger partial charge in [-0.25, -0.2) is 0 Å². The van der Waals surface area contributed by atoms with Crippen molar-refractivity contribution in [3.05, 3.63) is 57.8 Å². The Kier molecular flexibility index (Phi) is 5.74. The molecular weight excluding hydrogens is 346 g/mol. The number of hydrogen-bond donors (Lipinski definition) is 2. The highest BCUT2D eigenvalue weighted by atomic mass is 32.1. The number of primary amides is 1. The Morgan fingerprint density at radius 3 is 2.58 bits per heavy atom. The van der Waals surface area contributed by atoms with E-state index in [0.717, 1.165) is 16.0 Å². The number of hydrogen-bond acceptors (Lipinski definition) is 4. The molecule has 0 saturated carbocycles. The number of amides is 2. The molecule has 1 aliphatic rings. The maximum absolute atomic E-state index is 12.7. The van der Waals surface area contributed by atoms with Crippen LogP contribution in [-0.2, 0) is 22.6 Å². The van der Waals surface area contributed by atoms with Gasteiger partial charge in [0.25, 0.3) is 0 Å². The second-order valence-electron chi connectivity index (χ2n) is 7.10. The van der Waals surface area contributed by atoms with Crippen molar-refractivity contribution in [2.45, 2.75) is 38.9 Å². The molecular formula is C20H25N3O2S. The van der Waals surface area contributed by atoms with E-state index in [9.17, 15) is 9.59 Å².